The zero-order chi connectivity index (χ0) is 31.2. The summed E-state index contributed by atoms with van der Waals surface area (Å²) in [6.45, 7) is 0. The molecule has 0 N–H and O–H groups in total. The van der Waals surface area contributed by atoms with E-state index in [1.165, 1.54) is 0 Å². The molecular weight excluding hydrogens is 578 g/mol. The first-order valence-electron chi connectivity index (χ1n) is 15.4. The van der Waals surface area contributed by atoms with Gasteiger partial charge >= 0.3 is 0 Å². The predicted molar refractivity (Wildman–Crippen MR) is 187 cm³/mol. The Morgan fingerprint density at radius 2 is 1.04 bits per heavy atom. The number of aromatic nitrogens is 5. The van der Waals surface area contributed by atoms with Crippen LogP contribution in [0.2, 0.25) is 0 Å². The molecule has 6 nitrogen and oxygen atoms in total. The lowest BCUT2D eigenvalue weighted by Crippen LogP contribution is -2.00. The Kier molecular flexibility index (Phi) is 6.35. The highest BCUT2D eigenvalue weighted by Crippen LogP contribution is 2.35. The molecule has 4 heterocycles. The van der Waals surface area contributed by atoms with Crippen LogP contribution >= 0.6 is 0 Å². The van der Waals surface area contributed by atoms with Crippen molar-refractivity contribution in [3.8, 4) is 56.7 Å². The topological polar surface area (TPSA) is 77.6 Å². The summed E-state index contributed by atoms with van der Waals surface area (Å²) >= 11 is 0. The van der Waals surface area contributed by atoms with Crippen LogP contribution in [-0.2, 0) is 0 Å². The van der Waals surface area contributed by atoms with Crippen molar-refractivity contribution in [2.24, 2.45) is 0 Å². The Labute approximate surface area is 270 Å². The maximum Gasteiger partial charge on any atom is 0.227 e. The van der Waals surface area contributed by atoms with E-state index in [-0.39, 0.29) is 0 Å². The summed E-state index contributed by atoms with van der Waals surface area (Å²) in [5, 5.41) is 4.15. The third-order valence-corrected chi connectivity index (χ3v) is 8.41. The summed E-state index contributed by atoms with van der Waals surface area (Å²) in [6, 6.07) is 48.9. The number of benzene rings is 5. The molecule has 47 heavy (non-hydrogen) atoms. The van der Waals surface area contributed by atoms with Crippen LogP contribution in [0.25, 0.3) is 89.5 Å². The lowest BCUT2D eigenvalue weighted by atomic mass is 10.0. The van der Waals surface area contributed by atoms with Gasteiger partial charge in [0.05, 0.1) is 11.4 Å². The quantitative estimate of drug-likeness (QED) is 0.195. The van der Waals surface area contributed by atoms with Gasteiger partial charge in [0.2, 0.25) is 5.71 Å². The van der Waals surface area contributed by atoms with Crippen LogP contribution in [0, 0.1) is 0 Å². The molecule has 0 bridgehead atoms. The summed E-state index contributed by atoms with van der Waals surface area (Å²) in [6.07, 6.45) is 1.82. The fourth-order valence-corrected chi connectivity index (χ4v) is 6.07. The van der Waals surface area contributed by atoms with Crippen LogP contribution < -0.4 is 0 Å². The molecule has 0 aliphatic carbocycles. The van der Waals surface area contributed by atoms with Crippen molar-refractivity contribution in [2.45, 2.75) is 0 Å². The van der Waals surface area contributed by atoms with Gasteiger partial charge in [0, 0.05) is 39.0 Å². The molecule has 0 fully saturated rings. The van der Waals surface area contributed by atoms with Crippen LogP contribution in [-0.4, -0.2) is 24.9 Å². The molecule has 0 aliphatic heterocycles. The first-order chi connectivity index (χ1) is 23.3. The average Bonchev–Trinajstić information content (AvgIpc) is 3.52. The second-order valence-corrected chi connectivity index (χ2v) is 11.4. The standard InChI is InChI=1S/C41H25N5O/c1-3-11-27(12-4-1)38-44-39(28-13-5-2-6-14-28)46-40(45-38)31-16-9-15-29(24-31)30-18-21-36-34(25-30)33-19-20-35(43-41(33)47-36)37-32-17-8-7-10-26(32)22-23-42-37/h1-25H. The summed E-state index contributed by atoms with van der Waals surface area (Å²) in [5.41, 5.74) is 7.89. The van der Waals surface area contributed by atoms with Crippen molar-refractivity contribution in [1.82, 2.24) is 24.9 Å². The highest BCUT2D eigenvalue weighted by molar-refractivity contribution is 6.06. The van der Waals surface area contributed by atoms with Gasteiger partial charge in [0.25, 0.3) is 0 Å². The van der Waals surface area contributed by atoms with Crippen molar-refractivity contribution in [3.05, 3.63) is 152 Å². The van der Waals surface area contributed by atoms with E-state index in [0.29, 0.717) is 23.2 Å². The smallest absolute Gasteiger partial charge is 0.227 e. The second kappa shape index (κ2) is 11.1. The Balaban J connectivity index is 1.12. The van der Waals surface area contributed by atoms with E-state index in [4.69, 9.17) is 24.4 Å². The summed E-state index contributed by atoms with van der Waals surface area (Å²) in [7, 11) is 0. The van der Waals surface area contributed by atoms with Gasteiger partial charge in [-0.1, -0.05) is 109 Å². The van der Waals surface area contributed by atoms with Crippen molar-refractivity contribution in [3.63, 3.8) is 0 Å². The number of furan rings is 1. The molecule has 0 saturated heterocycles. The molecule has 0 aliphatic rings. The maximum atomic E-state index is 6.26. The zero-order valence-electron chi connectivity index (χ0n) is 25.1. The molecule has 0 spiro atoms. The van der Waals surface area contributed by atoms with Gasteiger partial charge in [-0.2, -0.15) is 0 Å². The monoisotopic (exact) mass is 603 g/mol. The Bertz CT molecular complexity index is 2520. The first-order valence-corrected chi connectivity index (χ1v) is 15.4. The van der Waals surface area contributed by atoms with Crippen molar-refractivity contribution in [1.29, 1.82) is 0 Å². The molecule has 5 aromatic carbocycles. The van der Waals surface area contributed by atoms with E-state index in [1.54, 1.807) is 0 Å². The molecule has 9 aromatic rings. The molecule has 4 aromatic heterocycles. The number of pyridine rings is 2. The average molecular weight is 604 g/mol. The van der Waals surface area contributed by atoms with Crippen LogP contribution in [0.3, 0.4) is 0 Å². The summed E-state index contributed by atoms with van der Waals surface area (Å²) < 4.78 is 6.26. The molecule has 0 unspecified atom stereocenters. The van der Waals surface area contributed by atoms with E-state index >= 15 is 0 Å². The Morgan fingerprint density at radius 3 is 1.81 bits per heavy atom. The third kappa shape index (κ3) is 4.89. The minimum absolute atomic E-state index is 0.588. The molecule has 0 saturated carbocycles. The maximum absolute atomic E-state index is 6.26. The van der Waals surface area contributed by atoms with Crippen molar-refractivity contribution < 1.29 is 4.42 Å². The molecular formula is C41H25N5O. The zero-order valence-corrected chi connectivity index (χ0v) is 25.1. The lowest BCUT2D eigenvalue weighted by molar-refractivity contribution is 0.654. The fourth-order valence-electron chi connectivity index (χ4n) is 6.07. The van der Waals surface area contributed by atoms with Gasteiger partial charge < -0.3 is 4.42 Å². The number of fused-ring (bicyclic) bond motifs is 4. The van der Waals surface area contributed by atoms with Crippen LogP contribution in [0.1, 0.15) is 0 Å². The minimum Gasteiger partial charge on any atom is -0.438 e. The fraction of sp³-hybridized carbons (Fsp3) is 0. The van der Waals surface area contributed by atoms with Gasteiger partial charge in [-0.3, -0.25) is 4.98 Å². The highest BCUT2D eigenvalue weighted by Gasteiger charge is 2.15. The molecule has 9 rings (SSSR count). The normalized spacial score (nSPS) is 11.4. The lowest BCUT2D eigenvalue weighted by Gasteiger charge is -2.09. The van der Waals surface area contributed by atoms with Crippen LogP contribution in [0.5, 0.6) is 0 Å². The number of nitrogens with zero attached hydrogens (tertiary/aromatic N) is 5. The van der Waals surface area contributed by atoms with E-state index < -0.39 is 0 Å². The number of hydrogen-bond acceptors (Lipinski definition) is 6. The van der Waals surface area contributed by atoms with E-state index in [1.807, 2.05) is 109 Å². The minimum atomic E-state index is 0.588. The SMILES string of the molecule is c1ccc(-c2nc(-c3ccccc3)nc(-c3cccc(-c4ccc5oc6nc(-c7nccc8ccccc78)ccc6c5c4)c3)n2)cc1. The van der Waals surface area contributed by atoms with E-state index in [0.717, 1.165) is 66.3 Å². The van der Waals surface area contributed by atoms with Gasteiger partial charge in [-0.05, 0) is 52.9 Å². The van der Waals surface area contributed by atoms with Gasteiger partial charge in [0.1, 0.15) is 5.58 Å². The molecule has 0 amide bonds. The van der Waals surface area contributed by atoms with Gasteiger partial charge in [-0.25, -0.2) is 19.9 Å². The van der Waals surface area contributed by atoms with E-state index in [9.17, 15) is 0 Å². The van der Waals surface area contributed by atoms with Crippen LogP contribution in [0.15, 0.2) is 156 Å². The second-order valence-electron chi connectivity index (χ2n) is 11.4. The van der Waals surface area contributed by atoms with Gasteiger partial charge in [0.15, 0.2) is 17.5 Å². The largest absolute Gasteiger partial charge is 0.438 e. The number of rotatable bonds is 5. The van der Waals surface area contributed by atoms with Crippen LogP contribution in [0.4, 0.5) is 0 Å². The molecule has 220 valence electrons. The van der Waals surface area contributed by atoms with E-state index in [2.05, 4.69) is 47.4 Å². The molecule has 6 heteroatoms. The highest BCUT2D eigenvalue weighted by atomic mass is 16.3. The molecule has 0 atom stereocenters. The van der Waals surface area contributed by atoms with Gasteiger partial charge in [-0.15, -0.1) is 0 Å². The predicted octanol–water partition coefficient (Wildman–Crippen LogP) is 10.0. The first kappa shape index (κ1) is 26.8. The van der Waals surface area contributed by atoms with Crippen molar-refractivity contribution >= 4 is 32.8 Å². The summed E-state index contributed by atoms with van der Waals surface area (Å²) in [4.78, 5) is 24.2. The Hall–Kier alpha value is -6.53. The molecule has 0 radical (unpaired) electrons. The summed E-state index contributed by atoms with van der Waals surface area (Å²) in [5.74, 6) is 1.89. The Morgan fingerprint density at radius 1 is 0.404 bits per heavy atom. The number of hydrogen-bond donors (Lipinski definition) is 0. The van der Waals surface area contributed by atoms with Crippen molar-refractivity contribution in [2.75, 3.05) is 0 Å². The third-order valence-electron chi connectivity index (χ3n) is 8.41.